The SMILES string of the molecule is O=C(CCc1ccccc1)N1CCCC(c2nnc3n2CCN(C(=O)C2CC2)C3)C1. The van der Waals surface area contributed by atoms with Crippen LogP contribution in [0.2, 0.25) is 0 Å². The van der Waals surface area contributed by atoms with Gasteiger partial charge in [-0.15, -0.1) is 10.2 Å². The predicted molar refractivity (Wildman–Crippen MR) is 111 cm³/mol. The van der Waals surface area contributed by atoms with Gasteiger partial charge in [0.15, 0.2) is 5.82 Å². The number of hydrogen-bond donors (Lipinski definition) is 0. The number of hydrogen-bond acceptors (Lipinski definition) is 4. The first-order chi connectivity index (χ1) is 14.7. The van der Waals surface area contributed by atoms with Crippen LogP contribution >= 0.6 is 0 Å². The number of amides is 2. The third-order valence-corrected chi connectivity index (χ3v) is 6.63. The number of aryl methyl sites for hydroxylation is 1. The Kier molecular flexibility index (Phi) is 5.27. The number of carbonyl (C=O) groups is 2. The predicted octanol–water partition coefficient (Wildman–Crippen LogP) is 2.37. The smallest absolute Gasteiger partial charge is 0.226 e. The van der Waals surface area contributed by atoms with Crippen LogP contribution in [0.15, 0.2) is 30.3 Å². The van der Waals surface area contributed by atoms with Crippen LogP contribution in [0, 0.1) is 5.92 Å². The highest BCUT2D eigenvalue weighted by Gasteiger charge is 2.36. The highest BCUT2D eigenvalue weighted by Crippen LogP contribution is 2.33. The molecular weight excluding hydrogens is 378 g/mol. The van der Waals surface area contributed by atoms with Gasteiger partial charge in [-0.3, -0.25) is 9.59 Å². The van der Waals surface area contributed by atoms with Gasteiger partial charge in [0.05, 0.1) is 6.54 Å². The molecule has 1 atom stereocenters. The summed E-state index contributed by atoms with van der Waals surface area (Å²) in [5, 5.41) is 8.91. The zero-order valence-corrected chi connectivity index (χ0v) is 17.4. The van der Waals surface area contributed by atoms with Crippen molar-refractivity contribution in [3.63, 3.8) is 0 Å². The maximum absolute atomic E-state index is 12.8. The van der Waals surface area contributed by atoms with Crippen LogP contribution in [0.4, 0.5) is 0 Å². The van der Waals surface area contributed by atoms with E-state index in [0.717, 1.165) is 69.9 Å². The number of aromatic nitrogens is 3. The zero-order chi connectivity index (χ0) is 20.5. The number of carbonyl (C=O) groups excluding carboxylic acids is 2. The molecule has 158 valence electrons. The van der Waals surface area contributed by atoms with Crippen molar-refractivity contribution in [3.05, 3.63) is 47.5 Å². The molecular formula is C23H29N5O2. The Morgan fingerprint density at radius 3 is 2.60 bits per heavy atom. The number of fused-ring (bicyclic) bond motifs is 1. The summed E-state index contributed by atoms with van der Waals surface area (Å²) in [5.74, 6) is 2.85. The summed E-state index contributed by atoms with van der Waals surface area (Å²) in [7, 11) is 0. The van der Waals surface area contributed by atoms with Crippen LogP contribution in [0.3, 0.4) is 0 Å². The molecule has 30 heavy (non-hydrogen) atoms. The molecule has 7 heteroatoms. The maximum atomic E-state index is 12.8. The van der Waals surface area contributed by atoms with Gasteiger partial charge in [-0.2, -0.15) is 0 Å². The van der Waals surface area contributed by atoms with E-state index in [0.29, 0.717) is 13.0 Å². The number of benzene rings is 1. The van der Waals surface area contributed by atoms with E-state index in [1.807, 2.05) is 28.0 Å². The summed E-state index contributed by atoms with van der Waals surface area (Å²) in [6.07, 6.45) is 5.42. The van der Waals surface area contributed by atoms with Crippen LogP contribution in [0.5, 0.6) is 0 Å². The molecule has 5 rings (SSSR count). The molecule has 0 radical (unpaired) electrons. The molecule has 1 aliphatic carbocycles. The molecule has 1 unspecified atom stereocenters. The number of rotatable bonds is 5. The normalized spacial score (nSPS) is 21.4. The molecule has 7 nitrogen and oxygen atoms in total. The van der Waals surface area contributed by atoms with E-state index < -0.39 is 0 Å². The third kappa shape index (κ3) is 3.98. The van der Waals surface area contributed by atoms with E-state index >= 15 is 0 Å². The molecule has 2 amide bonds. The highest BCUT2D eigenvalue weighted by molar-refractivity contribution is 5.81. The summed E-state index contributed by atoms with van der Waals surface area (Å²) in [4.78, 5) is 29.1. The van der Waals surface area contributed by atoms with Crippen LogP contribution in [0.1, 0.15) is 55.2 Å². The van der Waals surface area contributed by atoms with Crippen LogP contribution in [-0.4, -0.2) is 56.0 Å². The Morgan fingerprint density at radius 2 is 1.80 bits per heavy atom. The molecule has 3 aliphatic rings. The summed E-state index contributed by atoms with van der Waals surface area (Å²) < 4.78 is 2.19. The first-order valence-corrected chi connectivity index (χ1v) is 11.2. The molecule has 0 bridgehead atoms. The number of likely N-dealkylation sites (tertiary alicyclic amines) is 1. The van der Waals surface area contributed by atoms with E-state index in [1.54, 1.807) is 0 Å². The first-order valence-electron chi connectivity index (χ1n) is 11.2. The summed E-state index contributed by atoms with van der Waals surface area (Å²) in [6.45, 7) is 3.61. The fourth-order valence-corrected chi connectivity index (χ4v) is 4.73. The lowest BCUT2D eigenvalue weighted by atomic mass is 9.96. The molecule has 0 spiro atoms. The Bertz CT molecular complexity index is 921. The van der Waals surface area contributed by atoms with Crippen molar-refractivity contribution in [2.24, 2.45) is 5.92 Å². The lowest BCUT2D eigenvalue weighted by Gasteiger charge is -2.34. The van der Waals surface area contributed by atoms with Crippen molar-refractivity contribution in [2.75, 3.05) is 19.6 Å². The average Bonchev–Trinajstić information content (AvgIpc) is 3.56. The minimum Gasteiger partial charge on any atom is -0.342 e. The summed E-state index contributed by atoms with van der Waals surface area (Å²) in [5.41, 5.74) is 1.20. The quantitative estimate of drug-likeness (QED) is 0.763. The van der Waals surface area contributed by atoms with E-state index in [1.165, 1.54) is 5.56 Å². The van der Waals surface area contributed by atoms with Crippen LogP contribution < -0.4 is 0 Å². The van der Waals surface area contributed by atoms with Crippen molar-refractivity contribution in [2.45, 2.75) is 57.5 Å². The van der Waals surface area contributed by atoms with Gasteiger partial charge < -0.3 is 14.4 Å². The van der Waals surface area contributed by atoms with Crippen molar-refractivity contribution in [1.82, 2.24) is 24.6 Å². The monoisotopic (exact) mass is 407 g/mol. The standard InChI is InChI=1S/C23H29N5O2/c29-21(11-8-17-5-2-1-3-6-17)26-12-4-7-19(15-26)22-25-24-20-16-27(13-14-28(20)22)23(30)18-9-10-18/h1-3,5-6,18-19H,4,7-16H2. The van der Waals surface area contributed by atoms with Gasteiger partial charge in [0.2, 0.25) is 11.8 Å². The van der Waals surface area contributed by atoms with E-state index in [4.69, 9.17) is 0 Å². The minimum absolute atomic E-state index is 0.225. The zero-order valence-electron chi connectivity index (χ0n) is 17.4. The van der Waals surface area contributed by atoms with E-state index in [2.05, 4.69) is 26.9 Å². The second-order valence-electron chi connectivity index (χ2n) is 8.82. The molecule has 0 N–H and O–H groups in total. The van der Waals surface area contributed by atoms with Crippen molar-refractivity contribution in [3.8, 4) is 0 Å². The summed E-state index contributed by atoms with van der Waals surface area (Å²) in [6, 6.07) is 10.2. The Hall–Kier alpha value is -2.70. The van der Waals surface area contributed by atoms with Gasteiger partial charge in [0.25, 0.3) is 0 Å². The molecule has 3 heterocycles. The van der Waals surface area contributed by atoms with Gasteiger partial charge in [-0.25, -0.2) is 0 Å². The van der Waals surface area contributed by atoms with Gasteiger partial charge in [-0.05, 0) is 37.7 Å². The fourth-order valence-electron chi connectivity index (χ4n) is 4.73. The Morgan fingerprint density at radius 1 is 0.967 bits per heavy atom. The highest BCUT2D eigenvalue weighted by atomic mass is 16.2. The van der Waals surface area contributed by atoms with Crippen molar-refractivity contribution in [1.29, 1.82) is 0 Å². The minimum atomic E-state index is 0.225. The molecule has 1 aromatic carbocycles. The van der Waals surface area contributed by atoms with Crippen LogP contribution in [-0.2, 0) is 29.1 Å². The molecule has 2 aromatic rings. The molecule has 2 fully saturated rings. The van der Waals surface area contributed by atoms with E-state index in [9.17, 15) is 9.59 Å². The molecule has 1 aromatic heterocycles. The third-order valence-electron chi connectivity index (χ3n) is 6.63. The topological polar surface area (TPSA) is 71.3 Å². The van der Waals surface area contributed by atoms with Crippen LogP contribution in [0.25, 0.3) is 0 Å². The lowest BCUT2D eigenvalue weighted by Crippen LogP contribution is -2.42. The molecule has 2 aliphatic heterocycles. The lowest BCUT2D eigenvalue weighted by molar-refractivity contribution is -0.134. The van der Waals surface area contributed by atoms with Gasteiger partial charge in [-0.1, -0.05) is 30.3 Å². The fraction of sp³-hybridized carbons (Fsp3) is 0.565. The maximum Gasteiger partial charge on any atom is 0.226 e. The van der Waals surface area contributed by atoms with Gasteiger partial charge in [0, 0.05) is 44.4 Å². The summed E-state index contributed by atoms with van der Waals surface area (Å²) >= 11 is 0. The second-order valence-corrected chi connectivity index (χ2v) is 8.82. The number of piperidine rings is 1. The largest absolute Gasteiger partial charge is 0.342 e. The van der Waals surface area contributed by atoms with Gasteiger partial charge >= 0.3 is 0 Å². The Labute approximate surface area is 177 Å². The second kappa shape index (κ2) is 8.20. The molecule has 1 saturated carbocycles. The van der Waals surface area contributed by atoms with Gasteiger partial charge in [0.1, 0.15) is 5.82 Å². The Balaban J connectivity index is 1.21. The van der Waals surface area contributed by atoms with Crippen molar-refractivity contribution >= 4 is 11.8 Å². The van der Waals surface area contributed by atoms with E-state index in [-0.39, 0.29) is 23.7 Å². The van der Waals surface area contributed by atoms with Crippen molar-refractivity contribution < 1.29 is 9.59 Å². The molecule has 1 saturated heterocycles. The first kappa shape index (κ1) is 19.3. The average molecular weight is 408 g/mol. The number of nitrogens with zero attached hydrogens (tertiary/aromatic N) is 5.